The van der Waals surface area contributed by atoms with Crippen LogP contribution in [0.15, 0.2) is 41.3 Å². The molecule has 1 heterocycles. The van der Waals surface area contributed by atoms with Crippen molar-refractivity contribution < 1.29 is 26.4 Å². The highest BCUT2D eigenvalue weighted by atomic mass is 32.2. The molecule has 0 unspecified atom stereocenters. The van der Waals surface area contributed by atoms with Crippen LogP contribution in [0.1, 0.15) is 30.6 Å². The predicted molar refractivity (Wildman–Crippen MR) is 102 cm³/mol. The standard InChI is InChI=1S/C20H21F3N2O3S/c1-12-7-13(2)11-25(10-12)29(27,28)15-4-6-17(21)16(9-15)20(26)24-14-3-5-18(22)19(23)8-14/h3-6,8-9,12-13H,7,10-11H2,1-2H3,(H,24,26)/t12-,13+. The number of nitrogens with zero attached hydrogens (tertiary/aromatic N) is 1. The number of benzene rings is 2. The van der Waals surface area contributed by atoms with Gasteiger partial charge < -0.3 is 5.32 Å². The summed E-state index contributed by atoms with van der Waals surface area (Å²) in [6.07, 6.45) is 0.914. The first-order valence-corrected chi connectivity index (χ1v) is 10.6. The Hall–Kier alpha value is -2.39. The fourth-order valence-corrected chi connectivity index (χ4v) is 5.27. The van der Waals surface area contributed by atoms with E-state index in [2.05, 4.69) is 5.32 Å². The molecule has 2 aromatic carbocycles. The van der Waals surface area contributed by atoms with Crippen molar-refractivity contribution in [1.82, 2.24) is 4.31 Å². The summed E-state index contributed by atoms with van der Waals surface area (Å²) in [7, 11) is -3.91. The Balaban J connectivity index is 1.89. The zero-order chi connectivity index (χ0) is 21.3. The van der Waals surface area contributed by atoms with Crippen molar-refractivity contribution in [1.29, 1.82) is 0 Å². The van der Waals surface area contributed by atoms with Gasteiger partial charge in [-0.3, -0.25) is 4.79 Å². The molecule has 0 aliphatic carbocycles. The molecule has 3 rings (SSSR count). The molecule has 0 saturated carbocycles. The maximum atomic E-state index is 14.2. The Labute approximate surface area is 167 Å². The normalized spacial score (nSPS) is 20.4. The van der Waals surface area contributed by atoms with Crippen molar-refractivity contribution in [3.05, 3.63) is 59.4 Å². The fourth-order valence-electron chi connectivity index (χ4n) is 3.56. The Morgan fingerprint density at radius 3 is 2.21 bits per heavy atom. The first-order chi connectivity index (χ1) is 13.6. The average Bonchev–Trinajstić information content (AvgIpc) is 2.64. The van der Waals surface area contributed by atoms with Crippen molar-refractivity contribution >= 4 is 21.6 Å². The molecule has 0 radical (unpaired) electrons. The van der Waals surface area contributed by atoms with Crippen LogP contribution in [0.3, 0.4) is 0 Å². The highest BCUT2D eigenvalue weighted by molar-refractivity contribution is 7.89. The van der Waals surface area contributed by atoms with Gasteiger partial charge in [-0.05, 0) is 48.6 Å². The van der Waals surface area contributed by atoms with Gasteiger partial charge >= 0.3 is 0 Å². The van der Waals surface area contributed by atoms with E-state index in [0.29, 0.717) is 13.1 Å². The Bertz CT molecular complexity index is 1030. The predicted octanol–water partition coefficient (Wildman–Crippen LogP) is 4.02. The molecule has 29 heavy (non-hydrogen) atoms. The monoisotopic (exact) mass is 426 g/mol. The zero-order valence-electron chi connectivity index (χ0n) is 16.0. The summed E-state index contributed by atoms with van der Waals surface area (Å²) in [4.78, 5) is 12.2. The molecular formula is C20H21F3N2O3S. The minimum atomic E-state index is -3.91. The summed E-state index contributed by atoms with van der Waals surface area (Å²) in [5, 5.41) is 2.25. The van der Waals surface area contributed by atoms with Crippen LogP contribution >= 0.6 is 0 Å². The molecule has 2 aromatic rings. The maximum Gasteiger partial charge on any atom is 0.258 e. The van der Waals surface area contributed by atoms with Crippen LogP contribution in [-0.2, 0) is 10.0 Å². The highest BCUT2D eigenvalue weighted by Gasteiger charge is 2.32. The van der Waals surface area contributed by atoms with Crippen LogP contribution in [0.2, 0.25) is 0 Å². The maximum absolute atomic E-state index is 14.2. The van der Waals surface area contributed by atoms with Gasteiger partial charge in [0.15, 0.2) is 11.6 Å². The Kier molecular flexibility index (Phi) is 6.00. The van der Waals surface area contributed by atoms with E-state index in [1.54, 1.807) is 0 Å². The van der Waals surface area contributed by atoms with E-state index in [4.69, 9.17) is 0 Å². The van der Waals surface area contributed by atoms with Crippen LogP contribution in [0.25, 0.3) is 0 Å². The van der Waals surface area contributed by atoms with E-state index < -0.39 is 38.9 Å². The Morgan fingerprint density at radius 1 is 0.966 bits per heavy atom. The SMILES string of the molecule is C[C@@H]1C[C@H](C)CN(S(=O)(=O)c2ccc(F)c(C(=O)Nc3ccc(F)c(F)c3)c2)C1. The number of rotatable bonds is 4. The van der Waals surface area contributed by atoms with Gasteiger partial charge in [0.05, 0.1) is 10.5 Å². The smallest absolute Gasteiger partial charge is 0.258 e. The molecular weight excluding hydrogens is 405 g/mol. The van der Waals surface area contributed by atoms with E-state index in [1.807, 2.05) is 13.8 Å². The third-order valence-corrected chi connectivity index (χ3v) is 6.66. The van der Waals surface area contributed by atoms with Crippen molar-refractivity contribution in [3.63, 3.8) is 0 Å². The second-order valence-corrected chi connectivity index (χ2v) is 9.43. The third-order valence-electron chi connectivity index (χ3n) is 4.83. The van der Waals surface area contributed by atoms with Gasteiger partial charge in [0, 0.05) is 24.8 Å². The van der Waals surface area contributed by atoms with Crippen LogP contribution < -0.4 is 5.32 Å². The lowest BCUT2D eigenvalue weighted by molar-refractivity contribution is 0.102. The molecule has 1 fully saturated rings. The van der Waals surface area contributed by atoms with Crippen molar-refractivity contribution in [3.8, 4) is 0 Å². The lowest BCUT2D eigenvalue weighted by atomic mass is 9.94. The van der Waals surface area contributed by atoms with Gasteiger partial charge in [-0.15, -0.1) is 0 Å². The lowest BCUT2D eigenvalue weighted by Crippen LogP contribution is -2.42. The molecule has 1 aliphatic heterocycles. The number of sulfonamides is 1. The molecule has 1 saturated heterocycles. The van der Waals surface area contributed by atoms with Gasteiger partial charge in [0.2, 0.25) is 10.0 Å². The fraction of sp³-hybridized carbons (Fsp3) is 0.350. The number of anilines is 1. The molecule has 156 valence electrons. The number of carbonyl (C=O) groups is 1. The summed E-state index contributed by atoms with van der Waals surface area (Å²) in [5.74, 6) is -3.79. The second-order valence-electron chi connectivity index (χ2n) is 7.49. The quantitative estimate of drug-likeness (QED) is 0.803. The number of hydrogen-bond acceptors (Lipinski definition) is 3. The summed E-state index contributed by atoms with van der Waals surface area (Å²) >= 11 is 0. The zero-order valence-corrected chi connectivity index (χ0v) is 16.8. The van der Waals surface area contributed by atoms with E-state index >= 15 is 0 Å². The van der Waals surface area contributed by atoms with Gasteiger partial charge in [-0.1, -0.05) is 13.8 Å². The van der Waals surface area contributed by atoms with Crippen molar-refractivity contribution in [2.24, 2.45) is 11.8 Å². The van der Waals surface area contributed by atoms with E-state index in [1.165, 1.54) is 4.31 Å². The van der Waals surface area contributed by atoms with E-state index in [-0.39, 0.29) is 22.4 Å². The van der Waals surface area contributed by atoms with Crippen LogP contribution in [0.5, 0.6) is 0 Å². The van der Waals surface area contributed by atoms with Crippen LogP contribution in [0.4, 0.5) is 18.9 Å². The van der Waals surface area contributed by atoms with Crippen LogP contribution in [-0.4, -0.2) is 31.7 Å². The molecule has 0 spiro atoms. The topological polar surface area (TPSA) is 66.5 Å². The second kappa shape index (κ2) is 8.16. The van der Waals surface area contributed by atoms with E-state index in [9.17, 15) is 26.4 Å². The molecule has 2 atom stereocenters. The Morgan fingerprint density at radius 2 is 1.59 bits per heavy atom. The third kappa shape index (κ3) is 4.62. The molecule has 0 bridgehead atoms. The van der Waals surface area contributed by atoms with Gasteiger partial charge in [0.1, 0.15) is 5.82 Å². The molecule has 0 aromatic heterocycles. The molecule has 1 amide bonds. The average molecular weight is 426 g/mol. The molecule has 1 aliphatic rings. The van der Waals surface area contributed by atoms with Crippen molar-refractivity contribution in [2.75, 3.05) is 18.4 Å². The summed E-state index contributed by atoms with van der Waals surface area (Å²) in [6.45, 7) is 4.62. The van der Waals surface area contributed by atoms with E-state index in [0.717, 1.165) is 42.8 Å². The highest BCUT2D eigenvalue weighted by Crippen LogP contribution is 2.27. The van der Waals surface area contributed by atoms with Crippen LogP contribution in [0, 0.1) is 29.3 Å². The number of amides is 1. The number of halogens is 3. The minimum absolute atomic E-state index is 0.0831. The van der Waals surface area contributed by atoms with Gasteiger partial charge in [-0.25, -0.2) is 21.6 Å². The largest absolute Gasteiger partial charge is 0.322 e. The van der Waals surface area contributed by atoms with Gasteiger partial charge in [-0.2, -0.15) is 4.31 Å². The first kappa shape index (κ1) is 21.3. The summed E-state index contributed by atoms with van der Waals surface area (Å²) < 4.78 is 67.9. The number of nitrogens with one attached hydrogen (secondary N) is 1. The van der Waals surface area contributed by atoms with Gasteiger partial charge in [0.25, 0.3) is 5.91 Å². The lowest BCUT2D eigenvalue weighted by Gasteiger charge is -2.34. The number of hydrogen-bond donors (Lipinski definition) is 1. The summed E-state index contributed by atoms with van der Waals surface area (Å²) in [6, 6.07) is 5.67. The first-order valence-electron chi connectivity index (χ1n) is 9.14. The number of piperidine rings is 1. The minimum Gasteiger partial charge on any atom is -0.322 e. The molecule has 9 heteroatoms. The summed E-state index contributed by atoms with van der Waals surface area (Å²) in [5.41, 5.74) is -0.589. The molecule has 1 N–H and O–H groups in total. The van der Waals surface area contributed by atoms with Crippen molar-refractivity contribution in [2.45, 2.75) is 25.2 Å². The number of carbonyl (C=O) groups excluding carboxylic acids is 1. The molecule has 5 nitrogen and oxygen atoms in total.